The first-order valence-corrected chi connectivity index (χ1v) is 9.49. The standard InChI is InChI=1S/C23H22O5/c1-26-21-11-6-10-17-19(21)13-15-7-2-3-8-16(15)20(17)14-28-23(25)18-9-4-5-12-27-22(18)24/h2-3,6-8,10-11,13,18H,4-5,9,12,14H2,1H3. The van der Waals surface area contributed by atoms with E-state index in [0.29, 0.717) is 13.0 Å². The van der Waals surface area contributed by atoms with Gasteiger partial charge in [-0.1, -0.05) is 36.4 Å². The van der Waals surface area contributed by atoms with Gasteiger partial charge in [0.2, 0.25) is 0 Å². The van der Waals surface area contributed by atoms with E-state index in [9.17, 15) is 9.59 Å². The number of hydrogen-bond donors (Lipinski definition) is 0. The van der Waals surface area contributed by atoms with E-state index in [-0.39, 0.29) is 6.61 Å². The fourth-order valence-electron chi connectivity index (χ4n) is 3.79. The molecule has 0 radical (unpaired) electrons. The van der Waals surface area contributed by atoms with E-state index in [0.717, 1.165) is 45.7 Å². The van der Waals surface area contributed by atoms with Gasteiger partial charge in [0.25, 0.3) is 0 Å². The lowest BCUT2D eigenvalue weighted by molar-refractivity contribution is -0.162. The second-order valence-electron chi connectivity index (χ2n) is 6.96. The summed E-state index contributed by atoms with van der Waals surface area (Å²) in [7, 11) is 1.64. The molecule has 0 N–H and O–H groups in total. The Morgan fingerprint density at radius 1 is 1.07 bits per heavy atom. The van der Waals surface area contributed by atoms with Crippen molar-refractivity contribution in [2.45, 2.75) is 25.9 Å². The molecular formula is C23H22O5. The first kappa shape index (κ1) is 18.3. The highest BCUT2D eigenvalue weighted by Crippen LogP contribution is 2.34. The number of rotatable bonds is 4. The summed E-state index contributed by atoms with van der Waals surface area (Å²) in [4.78, 5) is 24.6. The largest absolute Gasteiger partial charge is 0.496 e. The summed E-state index contributed by atoms with van der Waals surface area (Å²) >= 11 is 0. The number of ether oxygens (including phenoxy) is 3. The molecule has 1 fully saturated rings. The quantitative estimate of drug-likeness (QED) is 0.383. The molecule has 1 saturated heterocycles. The molecule has 0 bridgehead atoms. The minimum Gasteiger partial charge on any atom is -0.496 e. The number of fused-ring (bicyclic) bond motifs is 2. The Balaban J connectivity index is 1.70. The van der Waals surface area contributed by atoms with Crippen LogP contribution in [0.1, 0.15) is 24.8 Å². The van der Waals surface area contributed by atoms with Crippen LogP contribution in [0.25, 0.3) is 21.5 Å². The average Bonchev–Trinajstić information content (AvgIpc) is 2.94. The van der Waals surface area contributed by atoms with Crippen molar-refractivity contribution in [2.75, 3.05) is 13.7 Å². The molecule has 1 unspecified atom stereocenters. The SMILES string of the molecule is COc1cccc2c(COC(=O)C3CCCCOC3=O)c3ccccc3cc12. The molecule has 28 heavy (non-hydrogen) atoms. The van der Waals surface area contributed by atoms with Crippen LogP contribution in [0.15, 0.2) is 48.5 Å². The van der Waals surface area contributed by atoms with Crippen molar-refractivity contribution in [1.29, 1.82) is 0 Å². The molecule has 3 aromatic rings. The molecular weight excluding hydrogens is 356 g/mol. The number of benzene rings is 3. The Morgan fingerprint density at radius 2 is 1.89 bits per heavy atom. The van der Waals surface area contributed by atoms with Crippen LogP contribution < -0.4 is 4.74 Å². The Hall–Kier alpha value is -3.08. The number of carbonyl (C=O) groups excluding carboxylic acids is 2. The Kier molecular flexibility index (Phi) is 5.15. The van der Waals surface area contributed by atoms with Gasteiger partial charge in [-0.2, -0.15) is 0 Å². The smallest absolute Gasteiger partial charge is 0.320 e. The van der Waals surface area contributed by atoms with Crippen molar-refractivity contribution in [1.82, 2.24) is 0 Å². The molecule has 0 spiro atoms. The van der Waals surface area contributed by atoms with Crippen molar-refractivity contribution in [3.8, 4) is 5.75 Å². The van der Waals surface area contributed by atoms with Crippen molar-refractivity contribution in [2.24, 2.45) is 5.92 Å². The summed E-state index contributed by atoms with van der Waals surface area (Å²) in [6, 6.07) is 15.9. The lowest BCUT2D eigenvalue weighted by Gasteiger charge is -2.16. The predicted octanol–water partition coefficient (Wildman–Crippen LogP) is 4.39. The summed E-state index contributed by atoms with van der Waals surface area (Å²) in [5, 5.41) is 3.98. The molecule has 1 heterocycles. The molecule has 5 heteroatoms. The predicted molar refractivity (Wildman–Crippen MR) is 106 cm³/mol. The molecule has 0 aliphatic carbocycles. The molecule has 0 aromatic heterocycles. The number of carbonyl (C=O) groups is 2. The Bertz CT molecular complexity index is 1040. The van der Waals surface area contributed by atoms with E-state index in [1.54, 1.807) is 7.11 Å². The summed E-state index contributed by atoms with van der Waals surface area (Å²) in [5.41, 5.74) is 0.905. The van der Waals surface area contributed by atoms with Crippen LogP contribution in [-0.4, -0.2) is 25.7 Å². The lowest BCUT2D eigenvalue weighted by atomic mass is 9.96. The van der Waals surface area contributed by atoms with Gasteiger partial charge < -0.3 is 14.2 Å². The third kappa shape index (κ3) is 3.40. The van der Waals surface area contributed by atoms with Gasteiger partial charge in [0.1, 0.15) is 12.4 Å². The van der Waals surface area contributed by atoms with Crippen LogP contribution in [-0.2, 0) is 25.7 Å². The van der Waals surface area contributed by atoms with Gasteiger partial charge in [0.15, 0.2) is 5.92 Å². The van der Waals surface area contributed by atoms with E-state index in [4.69, 9.17) is 14.2 Å². The average molecular weight is 378 g/mol. The monoisotopic (exact) mass is 378 g/mol. The van der Waals surface area contributed by atoms with Crippen LogP contribution in [0.3, 0.4) is 0 Å². The van der Waals surface area contributed by atoms with Gasteiger partial charge in [0.05, 0.1) is 13.7 Å². The maximum absolute atomic E-state index is 12.6. The summed E-state index contributed by atoms with van der Waals surface area (Å²) in [5.74, 6) is -1.07. The maximum atomic E-state index is 12.6. The maximum Gasteiger partial charge on any atom is 0.320 e. The Morgan fingerprint density at radius 3 is 2.75 bits per heavy atom. The molecule has 3 aromatic carbocycles. The van der Waals surface area contributed by atoms with E-state index in [2.05, 4.69) is 6.07 Å². The highest BCUT2D eigenvalue weighted by molar-refractivity contribution is 6.04. The topological polar surface area (TPSA) is 61.8 Å². The van der Waals surface area contributed by atoms with Crippen molar-refractivity contribution in [3.05, 3.63) is 54.1 Å². The number of hydrogen-bond acceptors (Lipinski definition) is 5. The van der Waals surface area contributed by atoms with Crippen LogP contribution in [0.4, 0.5) is 0 Å². The molecule has 1 aliphatic rings. The third-order valence-electron chi connectivity index (χ3n) is 5.26. The van der Waals surface area contributed by atoms with Crippen molar-refractivity contribution >= 4 is 33.5 Å². The summed E-state index contributed by atoms with van der Waals surface area (Å²) < 4.78 is 16.2. The second kappa shape index (κ2) is 7.89. The molecule has 0 amide bonds. The zero-order chi connectivity index (χ0) is 19.5. The fraction of sp³-hybridized carbons (Fsp3) is 0.304. The molecule has 1 aliphatic heterocycles. The van der Waals surface area contributed by atoms with Gasteiger partial charge >= 0.3 is 11.9 Å². The van der Waals surface area contributed by atoms with Crippen LogP contribution in [0.5, 0.6) is 5.75 Å². The van der Waals surface area contributed by atoms with Crippen LogP contribution in [0.2, 0.25) is 0 Å². The minimum absolute atomic E-state index is 0.0909. The Labute approximate surface area is 163 Å². The lowest BCUT2D eigenvalue weighted by Crippen LogP contribution is -2.26. The molecule has 1 atom stereocenters. The number of methoxy groups -OCH3 is 1. The molecule has 5 nitrogen and oxygen atoms in total. The van der Waals surface area contributed by atoms with Gasteiger partial charge in [-0.3, -0.25) is 9.59 Å². The summed E-state index contributed by atoms with van der Waals surface area (Å²) in [6.45, 7) is 0.462. The molecule has 0 saturated carbocycles. The normalized spacial score (nSPS) is 17.2. The third-order valence-corrected chi connectivity index (χ3v) is 5.26. The van der Waals surface area contributed by atoms with Gasteiger partial charge in [0, 0.05) is 10.9 Å². The fourth-order valence-corrected chi connectivity index (χ4v) is 3.79. The first-order valence-electron chi connectivity index (χ1n) is 9.49. The molecule has 4 rings (SSSR count). The van der Waals surface area contributed by atoms with Gasteiger partial charge in [-0.25, -0.2) is 0 Å². The first-order chi connectivity index (χ1) is 13.7. The molecule has 144 valence electrons. The minimum atomic E-state index is -0.835. The highest BCUT2D eigenvalue weighted by Gasteiger charge is 2.31. The van der Waals surface area contributed by atoms with E-state index < -0.39 is 17.9 Å². The number of esters is 2. The van der Waals surface area contributed by atoms with E-state index in [1.165, 1.54) is 0 Å². The van der Waals surface area contributed by atoms with Crippen molar-refractivity contribution in [3.63, 3.8) is 0 Å². The zero-order valence-corrected chi connectivity index (χ0v) is 15.8. The summed E-state index contributed by atoms with van der Waals surface area (Å²) in [6.07, 6.45) is 2.03. The number of cyclic esters (lactones) is 1. The zero-order valence-electron chi connectivity index (χ0n) is 15.8. The van der Waals surface area contributed by atoms with E-state index >= 15 is 0 Å². The highest BCUT2D eigenvalue weighted by atomic mass is 16.6. The van der Waals surface area contributed by atoms with Crippen LogP contribution in [0, 0.1) is 5.92 Å². The van der Waals surface area contributed by atoms with Gasteiger partial charge in [-0.15, -0.1) is 0 Å². The second-order valence-corrected chi connectivity index (χ2v) is 6.96. The van der Waals surface area contributed by atoms with Gasteiger partial charge in [-0.05, 0) is 47.6 Å². The van der Waals surface area contributed by atoms with Crippen molar-refractivity contribution < 1.29 is 23.8 Å². The van der Waals surface area contributed by atoms with Crippen LogP contribution >= 0.6 is 0 Å². The van der Waals surface area contributed by atoms with E-state index in [1.807, 2.05) is 42.5 Å².